The molecule has 0 heterocycles. The van der Waals surface area contributed by atoms with Crippen LogP contribution in [0.5, 0.6) is 0 Å². The molecule has 0 aromatic carbocycles. The largest absolute Gasteiger partial charge is 0.444 e. The molecule has 0 aliphatic carbocycles. The SMILES string of the molecule is CC(CCCCC(C)CCCC(C)CCC(=O)NCCNC(=O)[C@H](O)[C@@H](O)[C@H](O)[C@H](O)CO)CCCC(C)CCC(=O)NCCCCCCC(CN(CCCCN(CCCNC(=O)OC(C)(C)C)C(=O)OC(C)(C)C)C(=O)OC(C)(C)C)CN(CCCCN(CCCNC(=O)OC(C)(C)C)C(=O)OC(C)(C)C)C(=O)OC(C)(C)C. The number of carbonyl (C=O) groups is 9. The average Bonchev–Trinajstić information content (AvgIpc) is 0.861. The maximum absolute atomic E-state index is 14.4. The summed E-state index contributed by atoms with van der Waals surface area (Å²) in [6, 6.07) is 0. The Kier molecular flexibility index (Phi) is 53.2. The van der Waals surface area contributed by atoms with Gasteiger partial charge in [0.05, 0.1) is 6.61 Å². The Morgan fingerprint density at radius 1 is 0.307 bits per heavy atom. The molecule has 29 heteroatoms. The third-order valence-corrected chi connectivity index (χ3v) is 18.6. The van der Waals surface area contributed by atoms with Gasteiger partial charge >= 0.3 is 36.6 Å². The summed E-state index contributed by atoms with van der Waals surface area (Å²) in [5.74, 6) is 0.754. The molecule has 0 rings (SSSR count). The van der Waals surface area contributed by atoms with Crippen molar-refractivity contribution in [3.05, 3.63) is 0 Å². The molecule has 10 N–H and O–H groups in total. The van der Waals surface area contributed by atoms with E-state index in [4.69, 9.17) is 33.5 Å². The van der Waals surface area contributed by atoms with Crippen molar-refractivity contribution >= 4 is 54.3 Å². The minimum Gasteiger partial charge on any atom is -0.444 e. The van der Waals surface area contributed by atoms with E-state index in [0.29, 0.717) is 114 Å². The van der Waals surface area contributed by atoms with Gasteiger partial charge in [0.15, 0.2) is 6.10 Å². The minimum atomic E-state index is -2.03. The molecule has 0 aromatic rings. The summed E-state index contributed by atoms with van der Waals surface area (Å²) < 4.78 is 34.5. The summed E-state index contributed by atoms with van der Waals surface area (Å²) in [6.45, 7) is 44.1. The molecule has 0 radical (unpaired) electrons. The molecule has 0 bridgehead atoms. The number of carbonyl (C=O) groups excluding carboxylic acids is 9. The maximum atomic E-state index is 14.4. The summed E-state index contributed by atoms with van der Waals surface area (Å²) >= 11 is 0. The lowest BCUT2D eigenvalue weighted by molar-refractivity contribution is -0.149. The zero-order valence-electron chi connectivity index (χ0n) is 74.9. The van der Waals surface area contributed by atoms with Crippen LogP contribution in [0.3, 0.4) is 0 Å². The van der Waals surface area contributed by atoms with Gasteiger partial charge < -0.3 is 100 Å². The van der Waals surface area contributed by atoms with E-state index in [9.17, 15) is 63.6 Å². The number of alkyl carbamates (subject to hydrolysis) is 2. The molecule has 0 aliphatic heterocycles. The Labute approximate surface area is 686 Å². The molecule has 0 saturated heterocycles. The molecule has 0 aromatic heterocycles. The van der Waals surface area contributed by atoms with Gasteiger partial charge in [0.25, 0.3) is 5.91 Å². The number of unbranched alkanes of at least 4 members (excludes halogenated alkanes) is 6. The first-order valence-corrected chi connectivity index (χ1v) is 42.8. The Morgan fingerprint density at radius 2 is 0.596 bits per heavy atom. The second kappa shape index (κ2) is 56.3. The van der Waals surface area contributed by atoms with Gasteiger partial charge in [-0.3, -0.25) is 14.4 Å². The van der Waals surface area contributed by atoms with Gasteiger partial charge in [-0.25, -0.2) is 28.8 Å². The predicted molar refractivity (Wildman–Crippen MR) is 445 cm³/mol. The minimum absolute atomic E-state index is 0.00830. The molecule has 0 spiro atoms. The van der Waals surface area contributed by atoms with E-state index in [-0.39, 0.29) is 70.1 Å². The summed E-state index contributed by atoms with van der Waals surface area (Å²) in [4.78, 5) is 125. The van der Waals surface area contributed by atoms with Gasteiger partial charge in [-0.15, -0.1) is 0 Å². The van der Waals surface area contributed by atoms with Gasteiger partial charge in [0.2, 0.25) is 11.8 Å². The number of amides is 9. The Balaban J connectivity index is 5.85. The van der Waals surface area contributed by atoms with Crippen LogP contribution in [0.25, 0.3) is 0 Å². The number of aliphatic hydroxyl groups excluding tert-OH is 5. The number of aliphatic hydroxyl groups is 5. The fourth-order valence-electron chi connectivity index (χ4n) is 12.5. The van der Waals surface area contributed by atoms with Gasteiger partial charge in [-0.05, 0) is 218 Å². The first-order valence-electron chi connectivity index (χ1n) is 42.8. The number of hydrogen-bond acceptors (Lipinski definition) is 20. The summed E-state index contributed by atoms with van der Waals surface area (Å²) in [7, 11) is 0. The van der Waals surface area contributed by atoms with Gasteiger partial charge in [0, 0.05) is 97.9 Å². The van der Waals surface area contributed by atoms with Crippen molar-refractivity contribution < 1.29 is 97.1 Å². The van der Waals surface area contributed by atoms with E-state index in [2.05, 4.69) is 54.3 Å². The maximum Gasteiger partial charge on any atom is 0.410 e. The fraction of sp³-hybridized carbons (Fsp3) is 0.894. The van der Waals surface area contributed by atoms with Crippen LogP contribution in [0.15, 0.2) is 0 Å². The number of hydrogen-bond donors (Lipinski definition) is 10. The molecule has 29 nitrogen and oxygen atoms in total. The van der Waals surface area contributed by atoms with Crippen molar-refractivity contribution in [1.29, 1.82) is 0 Å². The molecule has 668 valence electrons. The van der Waals surface area contributed by atoms with Gasteiger partial charge in [-0.2, -0.15) is 0 Å². The van der Waals surface area contributed by atoms with Crippen molar-refractivity contribution in [2.45, 2.75) is 371 Å². The molecule has 0 saturated carbocycles. The zero-order chi connectivity index (χ0) is 87.1. The second-order valence-corrected chi connectivity index (χ2v) is 37.6. The zero-order valence-corrected chi connectivity index (χ0v) is 74.9. The number of ether oxygens (including phenoxy) is 6. The highest BCUT2D eigenvalue weighted by molar-refractivity contribution is 5.81. The molecule has 9 amide bonds. The third-order valence-electron chi connectivity index (χ3n) is 18.6. The highest BCUT2D eigenvalue weighted by atomic mass is 16.6. The van der Waals surface area contributed by atoms with Crippen molar-refractivity contribution in [2.24, 2.45) is 29.6 Å². The monoisotopic (exact) mass is 1630 g/mol. The quantitative estimate of drug-likeness (QED) is 0.0200. The van der Waals surface area contributed by atoms with E-state index < -0.39 is 107 Å². The van der Waals surface area contributed by atoms with Crippen molar-refractivity contribution in [3.63, 3.8) is 0 Å². The van der Waals surface area contributed by atoms with Crippen LogP contribution in [0.1, 0.15) is 313 Å². The molecule has 0 fully saturated rings. The number of nitrogens with zero attached hydrogens (tertiary/aromatic N) is 4. The Morgan fingerprint density at radius 3 is 0.956 bits per heavy atom. The van der Waals surface area contributed by atoms with Crippen molar-refractivity contribution in [1.82, 2.24) is 46.2 Å². The highest BCUT2D eigenvalue weighted by Crippen LogP contribution is 2.26. The molecular weight excluding hydrogens is 1470 g/mol. The van der Waals surface area contributed by atoms with E-state index in [1.165, 1.54) is 32.1 Å². The van der Waals surface area contributed by atoms with Crippen molar-refractivity contribution in [3.8, 4) is 0 Å². The third kappa shape index (κ3) is 59.5. The summed E-state index contributed by atoms with van der Waals surface area (Å²) in [6.07, 6.45) is 9.87. The predicted octanol–water partition coefficient (Wildman–Crippen LogP) is 13.7. The second-order valence-electron chi connectivity index (χ2n) is 37.6. The molecule has 0 aliphatic rings. The normalized spacial score (nSPS) is 14.4. The first-order chi connectivity index (χ1) is 52.8. The van der Waals surface area contributed by atoms with E-state index in [1.807, 2.05) is 41.5 Å². The van der Waals surface area contributed by atoms with Crippen LogP contribution >= 0.6 is 0 Å². The Bertz CT molecular complexity index is 2600. The standard InChI is InChI=1S/C85H163N9O20/c1-62(37-26-27-38-63(2)40-34-42-65(4)45-47-69(98)87-51-52-88-73(102)72(101)71(100)70(99)67(96)61-95)39-33-41-64(3)44-46-68(97)86-48-28-24-23-25-43-66(59-93(78(107)113-84(17,18)19)55-31-29-53-91(76(105)111-82(11,12)13)57-35-49-89-74(103)109-80(5,6)7)60-94(79(108)114-85(20,21)22)56-32-30-54-92(77(106)112-83(14,15)16)58-36-50-90-75(104)110-81(8,9)10/h62-67,70-72,95-96,99-101H,23-61H2,1-22H3,(H,86,97)(H,87,98)(H,88,102)(H,89,103)(H,90,104)/t62?,63?,64?,65?,67-,70-,71+,72-/m1/s1. The topological polar surface area (TPSA) is 383 Å². The van der Waals surface area contributed by atoms with Gasteiger partial charge in [0.1, 0.15) is 51.9 Å². The fourth-order valence-corrected chi connectivity index (χ4v) is 12.5. The van der Waals surface area contributed by atoms with Gasteiger partial charge in [-0.1, -0.05) is 111 Å². The highest BCUT2D eigenvalue weighted by Gasteiger charge is 2.35. The van der Waals surface area contributed by atoms with Crippen LogP contribution in [0.4, 0.5) is 28.8 Å². The summed E-state index contributed by atoms with van der Waals surface area (Å²) in [5.41, 5.74) is -4.49. The smallest absolute Gasteiger partial charge is 0.410 e. The lowest BCUT2D eigenvalue weighted by atomic mass is 9.90. The Hall–Kier alpha value is -6.17. The van der Waals surface area contributed by atoms with Crippen LogP contribution in [-0.4, -0.2) is 249 Å². The first kappa shape index (κ1) is 108. The molecular formula is C85H163N9O20. The average molecular weight is 1630 g/mol. The van der Waals surface area contributed by atoms with Crippen LogP contribution < -0.4 is 26.6 Å². The van der Waals surface area contributed by atoms with Crippen LogP contribution in [0, 0.1) is 29.6 Å². The summed E-state index contributed by atoms with van der Waals surface area (Å²) in [5, 5.41) is 61.7. The number of nitrogens with one attached hydrogen (secondary N) is 5. The molecule has 114 heavy (non-hydrogen) atoms. The lowest BCUT2D eigenvalue weighted by Crippen LogP contribution is -2.52. The van der Waals surface area contributed by atoms with Crippen LogP contribution in [-0.2, 0) is 42.8 Å². The van der Waals surface area contributed by atoms with E-state index >= 15 is 0 Å². The van der Waals surface area contributed by atoms with Crippen LogP contribution in [0.2, 0.25) is 0 Å². The lowest BCUT2D eigenvalue weighted by Gasteiger charge is -2.34. The van der Waals surface area contributed by atoms with Crippen molar-refractivity contribution in [2.75, 3.05) is 91.7 Å². The molecule has 8 atom stereocenters. The number of rotatable bonds is 56. The molecule has 4 unspecified atom stereocenters. The van der Waals surface area contributed by atoms with E-state index in [1.54, 1.807) is 103 Å². The van der Waals surface area contributed by atoms with E-state index in [0.717, 1.165) is 70.6 Å².